The zero-order valence-corrected chi connectivity index (χ0v) is 8.42. The summed E-state index contributed by atoms with van der Waals surface area (Å²) >= 11 is 6.09. The first-order valence-electron chi connectivity index (χ1n) is 4.31. The maximum atomic E-state index is 6.09. The first kappa shape index (κ1) is 8.57. The van der Waals surface area contributed by atoms with Gasteiger partial charge < -0.3 is 4.57 Å². The highest BCUT2D eigenvalue weighted by Crippen LogP contribution is 2.25. The van der Waals surface area contributed by atoms with Gasteiger partial charge in [-0.2, -0.15) is 0 Å². The molecule has 2 nitrogen and oxygen atoms in total. The molecule has 0 N–H and O–H groups in total. The van der Waals surface area contributed by atoms with Gasteiger partial charge in [-0.3, -0.25) is 0 Å². The molecule has 3 heteroatoms. The van der Waals surface area contributed by atoms with Crippen molar-refractivity contribution in [2.45, 2.75) is 19.9 Å². The van der Waals surface area contributed by atoms with E-state index in [1.54, 1.807) is 6.20 Å². The molecular weight excluding hydrogens is 184 g/mol. The summed E-state index contributed by atoms with van der Waals surface area (Å²) in [7, 11) is 0. The van der Waals surface area contributed by atoms with E-state index in [9.17, 15) is 0 Å². The Balaban J connectivity index is 2.78. The van der Waals surface area contributed by atoms with Crippen molar-refractivity contribution in [1.29, 1.82) is 0 Å². The molecule has 0 aromatic carbocycles. The van der Waals surface area contributed by atoms with Crippen molar-refractivity contribution in [3.63, 3.8) is 0 Å². The number of aromatic nitrogens is 2. The molecule has 2 aromatic rings. The molecule has 2 heterocycles. The molecule has 0 bridgehead atoms. The lowest BCUT2D eigenvalue weighted by Gasteiger charge is -2.09. The molecule has 0 saturated carbocycles. The minimum absolute atomic E-state index is 0.347. The van der Waals surface area contributed by atoms with Crippen molar-refractivity contribution in [3.05, 3.63) is 29.5 Å². The van der Waals surface area contributed by atoms with E-state index >= 15 is 0 Å². The van der Waals surface area contributed by atoms with Crippen LogP contribution in [0, 0.1) is 0 Å². The molecule has 0 fully saturated rings. The number of hydrogen-bond acceptors (Lipinski definition) is 1. The van der Waals surface area contributed by atoms with Gasteiger partial charge in [-0.05, 0) is 32.0 Å². The number of halogens is 1. The lowest BCUT2D eigenvalue weighted by molar-refractivity contribution is 0.619. The molecule has 0 aliphatic rings. The van der Waals surface area contributed by atoms with Crippen LogP contribution in [0.25, 0.3) is 11.0 Å². The van der Waals surface area contributed by atoms with Gasteiger partial charge in [0.05, 0.1) is 0 Å². The van der Waals surface area contributed by atoms with Crippen molar-refractivity contribution in [2.75, 3.05) is 0 Å². The Kier molecular flexibility index (Phi) is 2.00. The van der Waals surface area contributed by atoms with Crippen LogP contribution in [-0.4, -0.2) is 9.55 Å². The van der Waals surface area contributed by atoms with Gasteiger partial charge in [0.25, 0.3) is 0 Å². The average Bonchev–Trinajstić information content (AvgIpc) is 2.39. The Morgan fingerprint density at radius 3 is 2.92 bits per heavy atom. The van der Waals surface area contributed by atoms with E-state index in [4.69, 9.17) is 11.6 Å². The maximum absolute atomic E-state index is 6.09. The fraction of sp³-hybridized carbons (Fsp3) is 0.300. The summed E-state index contributed by atoms with van der Waals surface area (Å²) in [5.41, 5.74) is 0.961. The van der Waals surface area contributed by atoms with Crippen LogP contribution in [0.2, 0.25) is 5.15 Å². The van der Waals surface area contributed by atoms with E-state index < -0.39 is 0 Å². The van der Waals surface area contributed by atoms with Gasteiger partial charge in [0.1, 0.15) is 10.8 Å². The summed E-state index contributed by atoms with van der Waals surface area (Å²) in [5.74, 6) is 0. The second kappa shape index (κ2) is 3.04. The van der Waals surface area contributed by atoms with Crippen LogP contribution >= 0.6 is 11.6 Å². The molecule has 0 radical (unpaired) electrons. The van der Waals surface area contributed by atoms with Crippen molar-refractivity contribution in [3.8, 4) is 0 Å². The predicted octanol–water partition coefficient (Wildman–Crippen LogP) is 3.27. The van der Waals surface area contributed by atoms with Crippen molar-refractivity contribution < 1.29 is 0 Å². The molecule has 0 atom stereocenters. The Morgan fingerprint density at radius 1 is 1.46 bits per heavy atom. The zero-order chi connectivity index (χ0) is 9.42. The Hall–Kier alpha value is -1.02. The third kappa shape index (κ3) is 1.31. The van der Waals surface area contributed by atoms with Crippen LogP contribution in [0.5, 0.6) is 0 Å². The molecule has 2 aromatic heterocycles. The minimum atomic E-state index is 0.347. The lowest BCUT2D eigenvalue weighted by atomic mass is 10.3. The second-order valence-corrected chi connectivity index (χ2v) is 3.73. The summed E-state index contributed by atoms with van der Waals surface area (Å²) in [6.45, 7) is 4.19. The smallest absolute Gasteiger partial charge is 0.141 e. The molecule has 13 heavy (non-hydrogen) atoms. The summed E-state index contributed by atoms with van der Waals surface area (Å²) < 4.78 is 2.02. The summed E-state index contributed by atoms with van der Waals surface area (Å²) in [5, 5.41) is 1.85. The number of hydrogen-bond donors (Lipinski definition) is 0. The van der Waals surface area contributed by atoms with E-state index in [1.165, 1.54) is 0 Å². The van der Waals surface area contributed by atoms with Crippen LogP contribution in [0.4, 0.5) is 0 Å². The van der Waals surface area contributed by atoms with Gasteiger partial charge in [-0.1, -0.05) is 11.6 Å². The van der Waals surface area contributed by atoms with Gasteiger partial charge >= 0.3 is 0 Å². The van der Waals surface area contributed by atoms with Crippen LogP contribution in [0.3, 0.4) is 0 Å². The molecule has 68 valence electrons. The van der Waals surface area contributed by atoms with Crippen LogP contribution < -0.4 is 0 Å². The molecule has 2 rings (SSSR count). The maximum Gasteiger partial charge on any atom is 0.141 e. The molecule has 0 amide bonds. The SMILES string of the molecule is CC(C)n1c(Cl)cc2cccnc21. The van der Waals surface area contributed by atoms with Crippen LogP contribution in [0.1, 0.15) is 19.9 Å². The molecule has 0 spiro atoms. The molecule has 0 aliphatic carbocycles. The van der Waals surface area contributed by atoms with E-state index in [0.717, 1.165) is 16.2 Å². The molecular formula is C10H11ClN2. The number of rotatable bonds is 1. The predicted molar refractivity (Wildman–Crippen MR) is 55.1 cm³/mol. The standard InChI is InChI=1S/C10H11ClN2/c1-7(2)13-9(11)6-8-4-3-5-12-10(8)13/h3-7H,1-2H3. The van der Waals surface area contributed by atoms with Gasteiger partial charge in [-0.15, -0.1) is 0 Å². The average molecular weight is 195 g/mol. The van der Waals surface area contributed by atoms with Gasteiger partial charge in [0.2, 0.25) is 0 Å². The molecule has 0 unspecified atom stereocenters. The Labute approximate surface area is 82.1 Å². The highest BCUT2D eigenvalue weighted by Gasteiger charge is 2.09. The Bertz CT molecular complexity index is 431. The topological polar surface area (TPSA) is 17.8 Å². The largest absolute Gasteiger partial charge is 0.314 e. The molecule has 0 aliphatic heterocycles. The van der Waals surface area contributed by atoms with E-state index in [2.05, 4.69) is 18.8 Å². The van der Waals surface area contributed by atoms with Crippen molar-refractivity contribution in [1.82, 2.24) is 9.55 Å². The van der Waals surface area contributed by atoms with Crippen LogP contribution in [0.15, 0.2) is 24.4 Å². The number of nitrogens with zero attached hydrogens (tertiary/aromatic N) is 2. The van der Waals surface area contributed by atoms with Crippen molar-refractivity contribution in [2.24, 2.45) is 0 Å². The van der Waals surface area contributed by atoms with E-state index in [0.29, 0.717) is 6.04 Å². The summed E-state index contributed by atoms with van der Waals surface area (Å²) in [6.07, 6.45) is 1.79. The van der Waals surface area contributed by atoms with E-state index in [-0.39, 0.29) is 0 Å². The zero-order valence-electron chi connectivity index (χ0n) is 7.66. The highest BCUT2D eigenvalue weighted by atomic mass is 35.5. The van der Waals surface area contributed by atoms with Gasteiger partial charge in [0.15, 0.2) is 0 Å². The summed E-state index contributed by atoms with van der Waals surface area (Å²) in [4.78, 5) is 4.30. The highest BCUT2D eigenvalue weighted by molar-refractivity contribution is 6.30. The first-order valence-corrected chi connectivity index (χ1v) is 4.69. The summed E-state index contributed by atoms with van der Waals surface area (Å²) in [6, 6.07) is 6.24. The van der Waals surface area contributed by atoms with E-state index in [1.807, 2.05) is 22.8 Å². The van der Waals surface area contributed by atoms with Gasteiger partial charge in [0, 0.05) is 17.6 Å². The van der Waals surface area contributed by atoms with Crippen LogP contribution in [-0.2, 0) is 0 Å². The second-order valence-electron chi connectivity index (χ2n) is 3.35. The fourth-order valence-electron chi connectivity index (χ4n) is 1.51. The Morgan fingerprint density at radius 2 is 2.23 bits per heavy atom. The normalized spacial score (nSPS) is 11.4. The third-order valence-corrected chi connectivity index (χ3v) is 2.36. The number of pyridine rings is 1. The first-order chi connectivity index (χ1) is 6.20. The fourth-order valence-corrected chi connectivity index (χ4v) is 1.91. The van der Waals surface area contributed by atoms with Crippen molar-refractivity contribution >= 4 is 22.6 Å². The lowest BCUT2D eigenvalue weighted by Crippen LogP contribution is -2.00. The third-order valence-electron chi connectivity index (χ3n) is 2.07. The monoisotopic (exact) mass is 194 g/mol. The van der Waals surface area contributed by atoms with Gasteiger partial charge in [-0.25, -0.2) is 4.98 Å². The number of fused-ring (bicyclic) bond motifs is 1. The molecule has 0 saturated heterocycles. The quantitative estimate of drug-likeness (QED) is 0.682. The minimum Gasteiger partial charge on any atom is -0.314 e.